The Balaban J connectivity index is 1.66. The smallest absolute Gasteiger partial charge is 0.257 e. The summed E-state index contributed by atoms with van der Waals surface area (Å²) in [4.78, 5) is 17.7. The number of likely N-dealkylation sites (N-methyl/N-ethyl adjacent to an activating group) is 1. The molecule has 4 rings (SSSR count). The van der Waals surface area contributed by atoms with E-state index in [0.717, 1.165) is 24.5 Å². The second kappa shape index (κ2) is 7.37. The lowest BCUT2D eigenvalue weighted by atomic mass is 10.0. The number of piperazine rings is 1. The van der Waals surface area contributed by atoms with Crippen molar-refractivity contribution in [1.82, 2.24) is 19.6 Å². The van der Waals surface area contributed by atoms with Gasteiger partial charge in [-0.1, -0.05) is 48.5 Å². The Kier molecular flexibility index (Phi) is 4.77. The molecular formula is C22H24N4O. The molecule has 1 fully saturated rings. The average Bonchev–Trinajstić information content (AvgIpc) is 3.10. The Morgan fingerprint density at radius 3 is 2.37 bits per heavy atom. The van der Waals surface area contributed by atoms with Crippen LogP contribution in [0.25, 0.3) is 5.69 Å². The summed E-state index contributed by atoms with van der Waals surface area (Å²) in [5.74, 6) is 0.0524. The van der Waals surface area contributed by atoms with E-state index in [1.807, 2.05) is 65.0 Å². The summed E-state index contributed by atoms with van der Waals surface area (Å²) in [5, 5.41) is 4.47. The van der Waals surface area contributed by atoms with Gasteiger partial charge in [0.25, 0.3) is 5.91 Å². The van der Waals surface area contributed by atoms with Crippen molar-refractivity contribution in [3.8, 4) is 5.69 Å². The number of amides is 1. The van der Waals surface area contributed by atoms with E-state index in [2.05, 4.69) is 29.2 Å². The third kappa shape index (κ3) is 3.38. The van der Waals surface area contributed by atoms with Gasteiger partial charge in [-0.25, -0.2) is 4.68 Å². The lowest BCUT2D eigenvalue weighted by Gasteiger charge is -2.40. The van der Waals surface area contributed by atoms with Gasteiger partial charge in [0.15, 0.2) is 0 Å². The molecule has 1 aliphatic rings. The highest BCUT2D eigenvalue weighted by molar-refractivity contribution is 5.95. The van der Waals surface area contributed by atoms with Crippen molar-refractivity contribution in [1.29, 1.82) is 0 Å². The van der Waals surface area contributed by atoms with Gasteiger partial charge in [0.2, 0.25) is 0 Å². The van der Waals surface area contributed by atoms with Gasteiger partial charge in [-0.2, -0.15) is 5.10 Å². The molecule has 5 nitrogen and oxygen atoms in total. The summed E-state index contributed by atoms with van der Waals surface area (Å²) in [6, 6.07) is 20.3. The van der Waals surface area contributed by atoms with Crippen LogP contribution in [-0.2, 0) is 0 Å². The minimum atomic E-state index is 0.0524. The molecule has 5 heteroatoms. The van der Waals surface area contributed by atoms with Crippen LogP contribution in [0.15, 0.2) is 66.9 Å². The second-order valence-corrected chi connectivity index (χ2v) is 7.08. The number of carbonyl (C=O) groups is 1. The highest BCUT2D eigenvalue weighted by Gasteiger charge is 2.32. The largest absolute Gasteiger partial charge is 0.329 e. The molecule has 0 saturated carbocycles. The molecule has 1 aliphatic heterocycles. The minimum absolute atomic E-state index is 0.0524. The molecule has 0 N–H and O–H groups in total. The highest BCUT2D eigenvalue weighted by atomic mass is 16.2. The van der Waals surface area contributed by atoms with E-state index in [4.69, 9.17) is 0 Å². The fourth-order valence-corrected chi connectivity index (χ4v) is 3.73. The Bertz CT molecular complexity index is 920. The summed E-state index contributed by atoms with van der Waals surface area (Å²) in [7, 11) is 2.11. The summed E-state index contributed by atoms with van der Waals surface area (Å²) in [5.41, 5.74) is 3.68. The van der Waals surface area contributed by atoms with E-state index in [-0.39, 0.29) is 11.9 Å². The van der Waals surface area contributed by atoms with Gasteiger partial charge in [-0.3, -0.25) is 4.79 Å². The van der Waals surface area contributed by atoms with Crippen LogP contribution in [0, 0.1) is 6.92 Å². The standard InChI is InChI=1S/C22H24N4O/c1-17-20(15-23-26(17)19-11-7-4-8-12-19)22(27)25-14-13-24(2)16-21(25)18-9-5-3-6-10-18/h3-12,15,21H,13-14,16H2,1-2H3. The van der Waals surface area contributed by atoms with Gasteiger partial charge in [0.05, 0.1) is 29.2 Å². The van der Waals surface area contributed by atoms with Crippen LogP contribution >= 0.6 is 0 Å². The first-order valence-electron chi connectivity index (χ1n) is 9.29. The fourth-order valence-electron chi connectivity index (χ4n) is 3.73. The predicted octanol–water partition coefficient (Wildman–Crippen LogP) is 3.31. The number of hydrogen-bond acceptors (Lipinski definition) is 3. The van der Waals surface area contributed by atoms with Crippen molar-refractivity contribution in [2.24, 2.45) is 0 Å². The van der Waals surface area contributed by atoms with Crippen LogP contribution < -0.4 is 0 Å². The summed E-state index contributed by atoms with van der Waals surface area (Å²) in [6.45, 7) is 4.38. The van der Waals surface area contributed by atoms with E-state index < -0.39 is 0 Å². The van der Waals surface area contributed by atoms with E-state index in [0.29, 0.717) is 12.1 Å². The predicted molar refractivity (Wildman–Crippen MR) is 106 cm³/mol. The number of aromatic nitrogens is 2. The Hall–Kier alpha value is -2.92. The lowest BCUT2D eigenvalue weighted by molar-refractivity contribution is 0.0497. The molecule has 2 aromatic carbocycles. The molecule has 2 heterocycles. The highest BCUT2D eigenvalue weighted by Crippen LogP contribution is 2.27. The summed E-state index contributed by atoms with van der Waals surface area (Å²) >= 11 is 0. The molecule has 1 saturated heterocycles. The third-order valence-electron chi connectivity index (χ3n) is 5.27. The van der Waals surface area contributed by atoms with Crippen LogP contribution in [0.2, 0.25) is 0 Å². The number of carbonyl (C=O) groups excluding carboxylic acids is 1. The Labute approximate surface area is 159 Å². The molecule has 27 heavy (non-hydrogen) atoms. The zero-order valence-electron chi connectivity index (χ0n) is 15.7. The van der Waals surface area contributed by atoms with Crippen molar-refractivity contribution in [2.45, 2.75) is 13.0 Å². The molecule has 1 amide bonds. The minimum Gasteiger partial charge on any atom is -0.329 e. The summed E-state index contributed by atoms with van der Waals surface area (Å²) in [6.07, 6.45) is 1.70. The lowest BCUT2D eigenvalue weighted by Crippen LogP contribution is -2.49. The maximum absolute atomic E-state index is 13.4. The number of rotatable bonds is 3. The average molecular weight is 360 g/mol. The van der Waals surface area contributed by atoms with Gasteiger partial charge in [-0.05, 0) is 31.7 Å². The van der Waals surface area contributed by atoms with Crippen LogP contribution in [0.1, 0.15) is 27.7 Å². The number of nitrogens with zero attached hydrogens (tertiary/aromatic N) is 4. The van der Waals surface area contributed by atoms with Crippen molar-refractivity contribution >= 4 is 5.91 Å². The number of hydrogen-bond donors (Lipinski definition) is 0. The first-order chi connectivity index (χ1) is 13.1. The van der Waals surface area contributed by atoms with Crippen LogP contribution in [-0.4, -0.2) is 52.2 Å². The van der Waals surface area contributed by atoms with E-state index in [1.165, 1.54) is 5.56 Å². The zero-order valence-corrected chi connectivity index (χ0v) is 15.7. The van der Waals surface area contributed by atoms with Gasteiger partial charge < -0.3 is 9.80 Å². The zero-order chi connectivity index (χ0) is 18.8. The molecule has 1 atom stereocenters. The van der Waals surface area contributed by atoms with Crippen molar-refractivity contribution in [3.05, 3.63) is 83.7 Å². The fraction of sp³-hybridized carbons (Fsp3) is 0.273. The van der Waals surface area contributed by atoms with Crippen LogP contribution in [0.4, 0.5) is 0 Å². The first kappa shape index (κ1) is 17.5. The van der Waals surface area contributed by atoms with Gasteiger partial charge >= 0.3 is 0 Å². The molecular weight excluding hydrogens is 336 g/mol. The summed E-state index contributed by atoms with van der Waals surface area (Å²) < 4.78 is 1.83. The van der Waals surface area contributed by atoms with E-state index in [1.54, 1.807) is 6.20 Å². The molecule has 138 valence electrons. The normalized spacial score (nSPS) is 17.9. The molecule has 0 bridgehead atoms. The monoisotopic (exact) mass is 360 g/mol. The topological polar surface area (TPSA) is 41.4 Å². The number of para-hydroxylation sites is 1. The third-order valence-corrected chi connectivity index (χ3v) is 5.27. The van der Waals surface area contributed by atoms with Crippen molar-refractivity contribution in [3.63, 3.8) is 0 Å². The molecule has 3 aromatic rings. The Morgan fingerprint density at radius 2 is 1.67 bits per heavy atom. The molecule has 0 spiro atoms. The molecule has 0 radical (unpaired) electrons. The van der Waals surface area contributed by atoms with Crippen LogP contribution in [0.5, 0.6) is 0 Å². The molecule has 1 aromatic heterocycles. The van der Waals surface area contributed by atoms with Gasteiger partial charge in [0.1, 0.15) is 0 Å². The Morgan fingerprint density at radius 1 is 1.00 bits per heavy atom. The first-order valence-corrected chi connectivity index (χ1v) is 9.29. The maximum Gasteiger partial charge on any atom is 0.257 e. The quantitative estimate of drug-likeness (QED) is 0.720. The molecule has 0 aliphatic carbocycles. The maximum atomic E-state index is 13.4. The molecule has 1 unspecified atom stereocenters. The van der Waals surface area contributed by atoms with Gasteiger partial charge in [0, 0.05) is 19.6 Å². The van der Waals surface area contributed by atoms with Crippen LogP contribution in [0.3, 0.4) is 0 Å². The van der Waals surface area contributed by atoms with Crippen molar-refractivity contribution < 1.29 is 4.79 Å². The van der Waals surface area contributed by atoms with Gasteiger partial charge in [-0.15, -0.1) is 0 Å². The SMILES string of the molecule is Cc1c(C(=O)N2CCN(C)CC2c2ccccc2)cnn1-c1ccccc1. The van der Waals surface area contributed by atoms with Crippen molar-refractivity contribution in [2.75, 3.05) is 26.7 Å². The number of benzene rings is 2. The van der Waals surface area contributed by atoms with E-state index >= 15 is 0 Å². The second-order valence-electron chi connectivity index (χ2n) is 7.08. The van der Waals surface area contributed by atoms with E-state index in [9.17, 15) is 4.79 Å².